The summed E-state index contributed by atoms with van der Waals surface area (Å²) in [6.45, 7) is 5.57. The van der Waals surface area contributed by atoms with Gasteiger partial charge in [-0.3, -0.25) is 4.79 Å². The minimum absolute atomic E-state index is 0.0249. The molecule has 3 heteroatoms. The second-order valence-corrected chi connectivity index (χ2v) is 2.89. The molecule has 0 fully saturated rings. The normalized spacial score (nSPS) is 10.0. The lowest BCUT2D eigenvalue weighted by molar-refractivity contribution is -0.147. The lowest BCUT2D eigenvalue weighted by atomic mass is 10.2. The van der Waals surface area contributed by atoms with E-state index in [0.29, 0.717) is 5.71 Å². The maximum Gasteiger partial charge on any atom is 0.311 e. The number of hydrogen-bond donors (Lipinski definition) is 1. The molecule has 0 atom stereocenters. The van der Waals surface area contributed by atoms with Crippen LogP contribution in [0.4, 0.5) is 0 Å². The molecule has 12 heavy (non-hydrogen) atoms. The Kier molecular flexibility index (Phi) is 5.34. The standard InChI is InChI=1S/C9H17NO2/c1-4-8(5-2)12-9(11)6-7(3)10/h8,10H,4-6H2,1-3H3. The van der Waals surface area contributed by atoms with E-state index in [4.69, 9.17) is 10.1 Å². The van der Waals surface area contributed by atoms with E-state index >= 15 is 0 Å². The zero-order valence-corrected chi connectivity index (χ0v) is 8.02. The molecule has 0 radical (unpaired) electrons. The highest BCUT2D eigenvalue weighted by molar-refractivity contribution is 5.95. The van der Waals surface area contributed by atoms with Crippen molar-refractivity contribution in [2.45, 2.75) is 46.1 Å². The summed E-state index contributed by atoms with van der Waals surface area (Å²) in [6.07, 6.45) is 1.84. The zero-order chi connectivity index (χ0) is 9.56. The molecule has 0 aliphatic heterocycles. The second kappa shape index (κ2) is 5.75. The molecule has 0 saturated heterocycles. The summed E-state index contributed by atoms with van der Waals surface area (Å²) in [7, 11) is 0. The molecule has 0 saturated carbocycles. The van der Waals surface area contributed by atoms with Crippen LogP contribution in [-0.2, 0) is 9.53 Å². The van der Waals surface area contributed by atoms with E-state index in [0.717, 1.165) is 12.8 Å². The lowest BCUT2D eigenvalue weighted by Crippen LogP contribution is -2.17. The van der Waals surface area contributed by atoms with E-state index in [1.54, 1.807) is 6.92 Å². The van der Waals surface area contributed by atoms with Crippen molar-refractivity contribution in [2.24, 2.45) is 0 Å². The molecule has 0 aromatic rings. The van der Waals surface area contributed by atoms with Crippen LogP contribution in [0.25, 0.3) is 0 Å². The van der Waals surface area contributed by atoms with Gasteiger partial charge in [0.25, 0.3) is 0 Å². The van der Waals surface area contributed by atoms with Crippen LogP contribution in [0.2, 0.25) is 0 Å². The minimum atomic E-state index is -0.281. The molecule has 0 aliphatic carbocycles. The Morgan fingerprint density at radius 1 is 1.42 bits per heavy atom. The van der Waals surface area contributed by atoms with Crippen molar-refractivity contribution >= 4 is 11.7 Å². The summed E-state index contributed by atoms with van der Waals surface area (Å²) in [5, 5.41) is 7.08. The Morgan fingerprint density at radius 2 is 1.92 bits per heavy atom. The minimum Gasteiger partial charge on any atom is -0.462 e. The van der Waals surface area contributed by atoms with Crippen LogP contribution in [0, 0.1) is 5.41 Å². The topological polar surface area (TPSA) is 50.2 Å². The van der Waals surface area contributed by atoms with Gasteiger partial charge in [0.1, 0.15) is 6.10 Å². The SMILES string of the molecule is CCC(CC)OC(=O)CC(C)=N. The van der Waals surface area contributed by atoms with Crippen molar-refractivity contribution in [1.82, 2.24) is 0 Å². The third kappa shape index (κ3) is 4.88. The molecule has 0 unspecified atom stereocenters. The third-order valence-electron chi connectivity index (χ3n) is 1.62. The Hall–Kier alpha value is -0.860. The van der Waals surface area contributed by atoms with Gasteiger partial charge in [-0.15, -0.1) is 0 Å². The van der Waals surface area contributed by atoms with Gasteiger partial charge in [-0.25, -0.2) is 0 Å². The molecule has 0 heterocycles. The van der Waals surface area contributed by atoms with Crippen molar-refractivity contribution in [2.75, 3.05) is 0 Å². The van der Waals surface area contributed by atoms with Crippen LogP contribution < -0.4 is 0 Å². The fourth-order valence-electron chi connectivity index (χ4n) is 0.899. The van der Waals surface area contributed by atoms with E-state index in [1.807, 2.05) is 13.8 Å². The van der Waals surface area contributed by atoms with Crippen molar-refractivity contribution in [3.05, 3.63) is 0 Å². The Morgan fingerprint density at radius 3 is 2.25 bits per heavy atom. The van der Waals surface area contributed by atoms with Gasteiger partial charge in [0.2, 0.25) is 0 Å². The van der Waals surface area contributed by atoms with E-state index < -0.39 is 0 Å². The highest BCUT2D eigenvalue weighted by Crippen LogP contribution is 2.04. The van der Waals surface area contributed by atoms with E-state index in [-0.39, 0.29) is 18.5 Å². The van der Waals surface area contributed by atoms with Crippen LogP contribution >= 0.6 is 0 Å². The van der Waals surface area contributed by atoms with E-state index in [9.17, 15) is 4.79 Å². The largest absolute Gasteiger partial charge is 0.462 e. The van der Waals surface area contributed by atoms with Gasteiger partial charge in [0, 0.05) is 5.71 Å². The van der Waals surface area contributed by atoms with Crippen LogP contribution in [-0.4, -0.2) is 17.8 Å². The number of rotatable bonds is 5. The number of nitrogens with one attached hydrogen (secondary N) is 1. The number of hydrogen-bond acceptors (Lipinski definition) is 3. The Labute approximate surface area is 73.6 Å². The summed E-state index contributed by atoms with van der Waals surface area (Å²) >= 11 is 0. The fourth-order valence-corrected chi connectivity index (χ4v) is 0.899. The average molecular weight is 171 g/mol. The quantitative estimate of drug-likeness (QED) is 0.509. The lowest BCUT2D eigenvalue weighted by Gasteiger charge is -2.13. The first kappa shape index (κ1) is 11.1. The molecule has 0 rings (SSSR count). The zero-order valence-electron chi connectivity index (χ0n) is 8.02. The Balaban J connectivity index is 3.74. The van der Waals surface area contributed by atoms with Gasteiger partial charge >= 0.3 is 5.97 Å². The molecular weight excluding hydrogens is 154 g/mol. The van der Waals surface area contributed by atoms with Crippen molar-refractivity contribution in [1.29, 1.82) is 5.41 Å². The molecule has 0 aromatic carbocycles. The van der Waals surface area contributed by atoms with Crippen LogP contribution in [0.3, 0.4) is 0 Å². The molecule has 3 nitrogen and oxygen atoms in total. The van der Waals surface area contributed by atoms with Gasteiger partial charge in [-0.2, -0.15) is 0 Å². The first-order valence-corrected chi connectivity index (χ1v) is 4.33. The highest BCUT2D eigenvalue weighted by Gasteiger charge is 2.10. The second-order valence-electron chi connectivity index (χ2n) is 2.89. The first-order chi connectivity index (χ1) is 5.60. The number of ether oxygens (including phenoxy) is 1. The highest BCUT2D eigenvalue weighted by atomic mass is 16.5. The van der Waals surface area contributed by atoms with Gasteiger partial charge in [-0.1, -0.05) is 13.8 Å². The van der Waals surface area contributed by atoms with Gasteiger partial charge in [-0.05, 0) is 19.8 Å². The summed E-state index contributed by atoms with van der Waals surface area (Å²) < 4.78 is 5.08. The third-order valence-corrected chi connectivity index (χ3v) is 1.62. The molecule has 0 amide bonds. The van der Waals surface area contributed by atoms with E-state index in [1.165, 1.54) is 0 Å². The number of esters is 1. The summed E-state index contributed by atoms with van der Waals surface area (Å²) in [4.78, 5) is 11.0. The maximum atomic E-state index is 11.0. The van der Waals surface area contributed by atoms with Gasteiger partial charge in [0.15, 0.2) is 0 Å². The molecular formula is C9H17NO2. The number of carbonyl (C=O) groups is 1. The summed E-state index contributed by atoms with van der Waals surface area (Å²) in [5.74, 6) is -0.281. The smallest absolute Gasteiger partial charge is 0.311 e. The van der Waals surface area contributed by atoms with E-state index in [2.05, 4.69) is 0 Å². The predicted octanol–water partition coefficient (Wildman–Crippen LogP) is 2.15. The molecule has 0 aromatic heterocycles. The predicted molar refractivity (Wildman–Crippen MR) is 48.5 cm³/mol. The summed E-state index contributed by atoms with van der Waals surface area (Å²) in [5.41, 5.74) is 0.353. The molecule has 70 valence electrons. The molecule has 1 N–H and O–H groups in total. The molecule has 0 bridgehead atoms. The molecule has 0 spiro atoms. The van der Waals surface area contributed by atoms with Gasteiger partial charge < -0.3 is 10.1 Å². The maximum absolute atomic E-state index is 11.0. The first-order valence-electron chi connectivity index (χ1n) is 4.33. The van der Waals surface area contributed by atoms with Crippen LogP contribution in [0.15, 0.2) is 0 Å². The average Bonchev–Trinajstić information content (AvgIpc) is 1.98. The van der Waals surface area contributed by atoms with Crippen LogP contribution in [0.1, 0.15) is 40.0 Å². The van der Waals surface area contributed by atoms with Crippen LogP contribution in [0.5, 0.6) is 0 Å². The monoisotopic (exact) mass is 171 g/mol. The number of carbonyl (C=O) groups excluding carboxylic acids is 1. The Bertz CT molecular complexity index is 162. The van der Waals surface area contributed by atoms with Crippen molar-refractivity contribution in [3.63, 3.8) is 0 Å². The molecule has 0 aliphatic rings. The van der Waals surface area contributed by atoms with Gasteiger partial charge in [0.05, 0.1) is 6.42 Å². The fraction of sp³-hybridized carbons (Fsp3) is 0.778. The van der Waals surface area contributed by atoms with Crippen molar-refractivity contribution in [3.8, 4) is 0 Å². The van der Waals surface area contributed by atoms with Crippen molar-refractivity contribution < 1.29 is 9.53 Å². The summed E-state index contributed by atoms with van der Waals surface area (Å²) in [6, 6.07) is 0.